The number of carbonyl (C=O) groups excluding carboxylic acids is 1. The van der Waals surface area contributed by atoms with E-state index in [2.05, 4.69) is 4.72 Å². The standard InChI is InChI=1S/C19H28N2O5S/c1-3-4-14(2)13-18(19(23)24)20-27(25,26)17-7-5-15(6-8-17)21-11-9-16(22)10-12-21/h5-8,14,18,20H,3-4,9-13H2,1-2H3,(H,23,24)/t14?,18-/m0/s1. The highest BCUT2D eigenvalue weighted by molar-refractivity contribution is 7.89. The molecule has 0 spiro atoms. The third-order valence-corrected chi connectivity index (χ3v) is 6.34. The first-order chi connectivity index (χ1) is 12.7. The summed E-state index contributed by atoms with van der Waals surface area (Å²) in [4.78, 5) is 24.9. The predicted octanol–water partition coefficient (Wildman–Crippen LogP) is 2.41. The zero-order valence-corrected chi connectivity index (χ0v) is 16.7. The summed E-state index contributed by atoms with van der Waals surface area (Å²) in [5.74, 6) is -0.814. The number of hydrogen-bond acceptors (Lipinski definition) is 5. The maximum absolute atomic E-state index is 12.6. The quantitative estimate of drug-likeness (QED) is 0.664. The number of anilines is 1. The van der Waals surface area contributed by atoms with Crippen LogP contribution in [0.2, 0.25) is 0 Å². The minimum absolute atomic E-state index is 0.0359. The smallest absolute Gasteiger partial charge is 0.321 e. The van der Waals surface area contributed by atoms with Crippen molar-refractivity contribution < 1.29 is 23.1 Å². The summed E-state index contributed by atoms with van der Waals surface area (Å²) < 4.78 is 27.5. The van der Waals surface area contributed by atoms with Crippen molar-refractivity contribution in [2.24, 2.45) is 5.92 Å². The Bertz CT molecular complexity index is 751. The number of nitrogens with one attached hydrogen (secondary N) is 1. The van der Waals surface area contributed by atoms with Crippen molar-refractivity contribution in [2.75, 3.05) is 18.0 Å². The van der Waals surface area contributed by atoms with Gasteiger partial charge < -0.3 is 10.0 Å². The van der Waals surface area contributed by atoms with Gasteiger partial charge in [-0.1, -0.05) is 26.7 Å². The van der Waals surface area contributed by atoms with Crippen molar-refractivity contribution in [3.05, 3.63) is 24.3 Å². The van der Waals surface area contributed by atoms with Crippen LogP contribution in [0.15, 0.2) is 29.2 Å². The molecule has 1 aliphatic heterocycles. The number of nitrogens with zero attached hydrogens (tertiary/aromatic N) is 1. The van der Waals surface area contributed by atoms with Gasteiger partial charge in [-0.25, -0.2) is 8.42 Å². The van der Waals surface area contributed by atoms with Crippen LogP contribution in [0.4, 0.5) is 5.69 Å². The summed E-state index contributed by atoms with van der Waals surface area (Å²) in [6.45, 7) is 5.18. The van der Waals surface area contributed by atoms with Gasteiger partial charge in [0.25, 0.3) is 0 Å². The van der Waals surface area contributed by atoms with E-state index < -0.39 is 22.0 Å². The van der Waals surface area contributed by atoms with Gasteiger partial charge in [-0.2, -0.15) is 4.72 Å². The van der Waals surface area contributed by atoms with Gasteiger partial charge >= 0.3 is 5.97 Å². The maximum atomic E-state index is 12.6. The Hall–Kier alpha value is -1.93. The molecule has 27 heavy (non-hydrogen) atoms. The Labute approximate surface area is 160 Å². The Morgan fingerprint density at radius 3 is 2.33 bits per heavy atom. The average molecular weight is 397 g/mol. The minimum atomic E-state index is -3.92. The molecule has 2 N–H and O–H groups in total. The largest absolute Gasteiger partial charge is 0.480 e. The van der Waals surface area contributed by atoms with Gasteiger partial charge in [0.05, 0.1) is 4.90 Å². The molecule has 0 bridgehead atoms. The molecule has 0 radical (unpaired) electrons. The topological polar surface area (TPSA) is 104 Å². The van der Waals surface area contributed by atoms with Crippen LogP contribution in [0.25, 0.3) is 0 Å². The molecule has 0 saturated carbocycles. The molecule has 1 aromatic rings. The third-order valence-electron chi connectivity index (χ3n) is 4.85. The van der Waals surface area contributed by atoms with Gasteiger partial charge in [0.1, 0.15) is 11.8 Å². The van der Waals surface area contributed by atoms with Crippen LogP contribution in [-0.2, 0) is 19.6 Å². The molecular formula is C19H28N2O5S. The highest BCUT2D eigenvalue weighted by Crippen LogP contribution is 2.22. The summed E-state index contributed by atoms with van der Waals surface area (Å²) in [5, 5.41) is 9.38. The third kappa shape index (κ3) is 6.04. The zero-order valence-electron chi connectivity index (χ0n) is 15.8. The second-order valence-corrected chi connectivity index (χ2v) is 8.88. The Balaban J connectivity index is 2.08. The molecule has 1 heterocycles. The maximum Gasteiger partial charge on any atom is 0.321 e. The molecule has 1 saturated heterocycles. The van der Waals surface area contributed by atoms with Gasteiger partial charge in [-0.15, -0.1) is 0 Å². The molecule has 1 aromatic carbocycles. The fourth-order valence-corrected chi connectivity index (χ4v) is 4.52. The van der Waals surface area contributed by atoms with Crippen molar-refractivity contribution in [1.82, 2.24) is 4.72 Å². The summed E-state index contributed by atoms with van der Waals surface area (Å²) >= 11 is 0. The van der Waals surface area contributed by atoms with Crippen molar-refractivity contribution in [3.8, 4) is 0 Å². The van der Waals surface area contributed by atoms with Gasteiger partial charge in [-0.3, -0.25) is 9.59 Å². The van der Waals surface area contributed by atoms with Gasteiger partial charge in [0, 0.05) is 31.6 Å². The average Bonchev–Trinajstić information content (AvgIpc) is 2.62. The minimum Gasteiger partial charge on any atom is -0.480 e. The SMILES string of the molecule is CCCC(C)C[C@H](NS(=O)(=O)c1ccc(N2CCC(=O)CC2)cc1)C(=O)O. The Kier molecular flexibility index (Phi) is 7.38. The molecule has 7 nitrogen and oxygen atoms in total. The molecule has 0 aromatic heterocycles. The van der Waals surface area contributed by atoms with Gasteiger partial charge in [0.15, 0.2) is 0 Å². The molecule has 0 amide bonds. The molecular weight excluding hydrogens is 368 g/mol. The number of ketones is 1. The number of aliphatic carboxylic acids is 1. The monoisotopic (exact) mass is 396 g/mol. The second kappa shape index (κ2) is 9.32. The van der Waals surface area contributed by atoms with Crippen LogP contribution in [-0.4, -0.2) is 44.4 Å². The van der Waals surface area contributed by atoms with E-state index in [0.29, 0.717) is 25.9 Å². The van der Waals surface area contributed by atoms with E-state index >= 15 is 0 Å². The highest BCUT2D eigenvalue weighted by Gasteiger charge is 2.27. The first-order valence-corrected chi connectivity index (χ1v) is 10.8. The molecule has 1 aliphatic rings. The van der Waals surface area contributed by atoms with Crippen LogP contribution in [0.1, 0.15) is 46.0 Å². The normalized spacial score (nSPS) is 17.6. The van der Waals surface area contributed by atoms with E-state index in [1.54, 1.807) is 12.1 Å². The van der Waals surface area contributed by atoms with Crippen molar-refractivity contribution in [3.63, 3.8) is 0 Å². The van der Waals surface area contributed by atoms with Crippen molar-refractivity contribution in [1.29, 1.82) is 0 Å². The van der Waals surface area contributed by atoms with E-state index in [9.17, 15) is 23.1 Å². The fraction of sp³-hybridized carbons (Fsp3) is 0.579. The van der Waals surface area contributed by atoms with Gasteiger partial charge in [0.2, 0.25) is 10.0 Å². The lowest BCUT2D eigenvalue weighted by molar-refractivity contribution is -0.139. The van der Waals surface area contributed by atoms with E-state index in [0.717, 1.165) is 18.5 Å². The number of benzene rings is 1. The Morgan fingerprint density at radius 2 is 1.81 bits per heavy atom. The second-order valence-electron chi connectivity index (χ2n) is 7.16. The van der Waals surface area contributed by atoms with Crippen LogP contribution >= 0.6 is 0 Å². The summed E-state index contributed by atoms with van der Waals surface area (Å²) in [6.07, 6.45) is 3.01. The Morgan fingerprint density at radius 1 is 1.22 bits per heavy atom. The number of rotatable bonds is 9. The lowest BCUT2D eigenvalue weighted by atomic mass is 9.98. The molecule has 1 unspecified atom stereocenters. The number of piperidine rings is 1. The zero-order chi connectivity index (χ0) is 20.0. The number of Topliss-reactive ketones (excluding diaryl/α,β-unsaturated/α-hetero) is 1. The molecule has 2 rings (SSSR count). The van der Waals surface area contributed by atoms with E-state index in [4.69, 9.17) is 0 Å². The van der Waals surface area contributed by atoms with E-state index in [1.807, 2.05) is 18.7 Å². The lowest BCUT2D eigenvalue weighted by Crippen LogP contribution is -2.41. The molecule has 8 heteroatoms. The molecule has 1 fully saturated rings. The van der Waals surface area contributed by atoms with Crippen LogP contribution in [0, 0.1) is 5.92 Å². The van der Waals surface area contributed by atoms with Crippen LogP contribution in [0.5, 0.6) is 0 Å². The number of sulfonamides is 1. The van der Waals surface area contributed by atoms with Crippen molar-refractivity contribution >= 4 is 27.5 Å². The first-order valence-electron chi connectivity index (χ1n) is 9.34. The molecule has 150 valence electrons. The number of hydrogen-bond donors (Lipinski definition) is 2. The predicted molar refractivity (Wildman–Crippen MR) is 103 cm³/mol. The number of carboxylic acid groups (broad SMARTS) is 1. The fourth-order valence-electron chi connectivity index (χ4n) is 3.32. The van der Waals surface area contributed by atoms with E-state index in [1.165, 1.54) is 12.1 Å². The van der Waals surface area contributed by atoms with Crippen LogP contribution < -0.4 is 9.62 Å². The van der Waals surface area contributed by atoms with Gasteiger partial charge in [-0.05, 0) is 36.6 Å². The number of carbonyl (C=O) groups is 2. The first kappa shape index (κ1) is 21.4. The lowest BCUT2D eigenvalue weighted by Gasteiger charge is -2.28. The van der Waals surface area contributed by atoms with Crippen LogP contribution in [0.3, 0.4) is 0 Å². The number of carboxylic acids is 1. The summed E-state index contributed by atoms with van der Waals surface area (Å²) in [5.41, 5.74) is 0.854. The van der Waals surface area contributed by atoms with Crippen molar-refractivity contribution in [2.45, 2.75) is 56.9 Å². The van der Waals surface area contributed by atoms with E-state index in [-0.39, 0.29) is 23.0 Å². The highest BCUT2D eigenvalue weighted by atomic mass is 32.2. The summed E-state index contributed by atoms with van der Waals surface area (Å²) in [6, 6.07) is 5.19. The molecule has 0 aliphatic carbocycles. The summed E-state index contributed by atoms with van der Waals surface area (Å²) in [7, 11) is -3.92. The molecule has 2 atom stereocenters.